The first-order valence-electron chi connectivity index (χ1n) is 6.20. The van der Waals surface area contributed by atoms with Crippen molar-refractivity contribution >= 4 is 17.3 Å². The maximum Gasteiger partial charge on any atom is 0.101 e. The van der Waals surface area contributed by atoms with Crippen molar-refractivity contribution in [2.24, 2.45) is 0 Å². The first-order chi connectivity index (χ1) is 8.74. The molecule has 0 aliphatic carbocycles. The number of nitrogens with zero attached hydrogens (tertiary/aromatic N) is 2. The predicted octanol–water partition coefficient (Wildman–Crippen LogP) is 2.91. The quantitative estimate of drug-likeness (QED) is 0.771. The number of anilines is 1. The predicted molar refractivity (Wildman–Crippen MR) is 73.0 cm³/mol. The third-order valence-corrected chi connectivity index (χ3v) is 3.44. The third-order valence-electron chi connectivity index (χ3n) is 3.13. The summed E-state index contributed by atoms with van der Waals surface area (Å²) in [4.78, 5) is 2.23. The average Bonchev–Trinajstić information content (AvgIpc) is 2.62. The molecule has 3 nitrogen and oxygen atoms in total. The Balaban J connectivity index is 2.29. The molecule has 1 saturated heterocycles. The van der Waals surface area contributed by atoms with Crippen LogP contribution >= 0.6 is 11.6 Å². The van der Waals surface area contributed by atoms with E-state index in [-0.39, 0.29) is 6.10 Å². The van der Waals surface area contributed by atoms with Gasteiger partial charge in [0.25, 0.3) is 0 Å². The van der Waals surface area contributed by atoms with Crippen molar-refractivity contribution < 1.29 is 4.74 Å². The lowest BCUT2D eigenvalue weighted by atomic mass is 10.1. The lowest BCUT2D eigenvalue weighted by molar-refractivity contribution is 0.0821. The van der Waals surface area contributed by atoms with Gasteiger partial charge in [0.2, 0.25) is 0 Å². The summed E-state index contributed by atoms with van der Waals surface area (Å²) < 4.78 is 5.63. The maximum atomic E-state index is 9.25. The molecule has 0 N–H and O–H groups in total. The van der Waals surface area contributed by atoms with Crippen molar-refractivity contribution in [3.63, 3.8) is 0 Å². The molecule has 0 saturated carbocycles. The molecule has 0 aromatic heterocycles. The van der Waals surface area contributed by atoms with Crippen LogP contribution in [0.4, 0.5) is 5.69 Å². The van der Waals surface area contributed by atoms with Crippen LogP contribution in [0, 0.1) is 11.3 Å². The largest absolute Gasteiger partial charge is 0.377 e. The summed E-state index contributed by atoms with van der Waals surface area (Å²) in [5.41, 5.74) is 2.67. The number of nitriles is 1. The summed E-state index contributed by atoms with van der Waals surface area (Å²) in [6.45, 7) is 4.62. The Bertz CT molecular complexity index is 456. The van der Waals surface area contributed by atoms with Gasteiger partial charge in [0, 0.05) is 25.6 Å². The number of hydrogen-bond acceptors (Lipinski definition) is 3. The van der Waals surface area contributed by atoms with Gasteiger partial charge in [-0.15, -0.1) is 11.6 Å². The van der Waals surface area contributed by atoms with Crippen LogP contribution in [0.1, 0.15) is 24.5 Å². The minimum Gasteiger partial charge on any atom is -0.377 e. The van der Waals surface area contributed by atoms with Crippen molar-refractivity contribution in [1.82, 2.24) is 0 Å². The zero-order valence-corrected chi connectivity index (χ0v) is 11.3. The van der Waals surface area contributed by atoms with Gasteiger partial charge in [-0.25, -0.2) is 0 Å². The zero-order valence-electron chi connectivity index (χ0n) is 10.5. The van der Waals surface area contributed by atoms with Crippen molar-refractivity contribution in [2.75, 3.05) is 24.6 Å². The molecule has 18 heavy (non-hydrogen) atoms. The van der Waals surface area contributed by atoms with Crippen molar-refractivity contribution in [2.45, 2.75) is 25.3 Å². The van der Waals surface area contributed by atoms with E-state index in [4.69, 9.17) is 16.3 Å². The molecular weight excluding hydrogens is 248 g/mol. The highest BCUT2D eigenvalue weighted by Gasteiger charge is 2.18. The van der Waals surface area contributed by atoms with Crippen molar-refractivity contribution in [3.05, 3.63) is 29.3 Å². The van der Waals surface area contributed by atoms with E-state index in [1.165, 1.54) is 0 Å². The van der Waals surface area contributed by atoms with E-state index < -0.39 is 0 Å². The minimum atomic E-state index is 0.201. The Morgan fingerprint density at radius 1 is 1.56 bits per heavy atom. The zero-order chi connectivity index (χ0) is 13.0. The first kappa shape index (κ1) is 13.2. The van der Waals surface area contributed by atoms with Crippen LogP contribution in [0.2, 0.25) is 0 Å². The van der Waals surface area contributed by atoms with Crippen LogP contribution in [0.3, 0.4) is 0 Å². The average molecular weight is 265 g/mol. The molecule has 0 spiro atoms. The summed E-state index contributed by atoms with van der Waals surface area (Å²) >= 11 is 5.80. The number of rotatable bonds is 2. The van der Waals surface area contributed by atoms with Gasteiger partial charge in [-0.2, -0.15) is 5.26 Å². The van der Waals surface area contributed by atoms with Gasteiger partial charge in [-0.3, -0.25) is 0 Å². The van der Waals surface area contributed by atoms with Gasteiger partial charge in [0.15, 0.2) is 0 Å². The fourth-order valence-corrected chi connectivity index (χ4v) is 2.41. The van der Waals surface area contributed by atoms with Gasteiger partial charge in [-0.1, -0.05) is 6.07 Å². The first-order valence-corrected chi connectivity index (χ1v) is 6.73. The van der Waals surface area contributed by atoms with Crippen LogP contribution in [0.25, 0.3) is 0 Å². The van der Waals surface area contributed by atoms with Crippen LogP contribution in [-0.4, -0.2) is 25.8 Å². The molecule has 1 unspecified atom stereocenters. The van der Waals surface area contributed by atoms with E-state index in [0.29, 0.717) is 11.4 Å². The molecule has 2 rings (SSSR count). The molecular formula is C14H17ClN2O. The molecule has 1 aliphatic heterocycles. The normalized spacial score (nSPS) is 20.3. The molecule has 1 heterocycles. The Morgan fingerprint density at radius 2 is 2.39 bits per heavy atom. The van der Waals surface area contributed by atoms with Crippen molar-refractivity contribution in [3.8, 4) is 6.07 Å². The lowest BCUT2D eigenvalue weighted by Crippen LogP contribution is -2.30. The van der Waals surface area contributed by atoms with Gasteiger partial charge in [-0.05, 0) is 31.0 Å². The topological polar surface area (TPSA) is 36.3 Å². The second-order valence-corrected chi connectivity index (χ2v) is 4.85. The number of halogens is 1. The summed E-state index contributed by atoms with van der Waals surface area (Å²) in [7, 11) is 0. The molecule has 4 heteroatoms. The summed E-state index contributed by atoms with van der Waals surface area (Å²) in [5, 5.41) is 9.25. The number of benzene rings is 1. The van der Waals surface area contributed by atoms with Gasteiger partial charge in [0.05, 0.1) is 17.4 Å². The second-order valence-electron chi connectivity index (χ2n) is 4.58. The van der Waals surface area contributed by atoms with Gasteiger partial charge in [0.1, 0.15) is 6.07 Å². The van der Waals surface area contributed by atoms with E-state index in [1.54, 1.807) is 0 Å². The van der Waals surface area contributed by atoms with Crippen LogP contribution in [0.15, 0.2) is 18.2 Å². The molecule has 0 radical (unpaired) electrons. The molecule has 1 fully saturated rings. The summed E-state index contributed by atoms with van der Waals surface area (Å²) in [6.07, 6.45) is 1.19. The lowest BCUT2D eigenvalue weighted by Gasteiger charge is -2.25. The molecule has 1 aliphatic rings. The minimum absolute atomic E-state index is 0.201. The SMILES string of the molecule is CC1CN(c2ccc(CCl)cc2C#N)CCCO1. The van der Waals surface area contributed by atoms with Crippen LogP contribution < -0.4 is 4.90 Å². The van der Waals surface area contributed by atoms with Crippen LogP contribution in [0.5, 0.6) is 0 Å². The van der Waals surface area contributed by atoms with E-state index in [1.807, 2.05) is 18.2 Å². The molecule has 0 bridgehead atoms. The summed E-state index contributed by atoms with van der Waals surface area (Å²) in [6, 6.07) is 8.12. The Kier molecular flexibility index (Phi) is 4.46. The highest BCUT2D eigenvalue weighted by molar-refractivity contribution is 6.17. The van der Waals surface area contributed by atoms with E-state index in [2.05, 4.69) is 17.9 Å². The number of hydrogen-bond donors (Lipinski definition) is 0. The van der Waals surface area contributed by atoms with Crippen LogP contribution in [-0.2, 0) is 10.6 Å². The monoisotopic (exact) mass is 264 g/mol. The summed E-state index contributed by atoms with van der Waals surface area (Å²) in [5.74, 6) is 0.439. The molecule has 1 aromatic rings. The molecule has 96 valence electrons. The molecule has 1 atom stereocenters. The maximum absolute atomic E-state index is 9.25. The van der Waals surface area contributed by atoms with E-state index in [0.717, 1.165) is 37.4 Å². The second kappa shape index (κ2) is 6.08. The highest BCUT2D eigenvalue weighted by Crippen LogP contribution is 2.24. The molecule has 0 amide bonds. The number of ether oxygens (including phenoxy) is 1. The molecule has 1 aromatic carbocycles. The van der Waals surface area contributed by atoms with E-state index in [9.17, 15) is 5.26 Å². The van der Waals surface area contributed by atoms with Gasteiger partial charge >= 0.3 is 0 Å². The highest BCUT2D eigenvalue weighted by atomic mass is 35.5. The smallest absolute Gasteiger partial charge is 0.101 e. The fourth-order valence-electron chi connectivity index (χ4n) is 2.24. The fraction of sp³-hybridized carbons (Fsp3) is 0.500. The standard InChI is InChI=1S/C14H17ClN2O/c1-11-10-17(5-2-6-18-11)14-4-3-12(8-15)7-13(14)9-16/h3-4,7,11H,2,5-6,8,10H2,1H3. The van der Waals surface area contributed by atoms with Gasteiger partial charge < -0.3 is 9.64 Å². The Hall–Kier alpha value is -1.24. The Labute approximate surface area is 113 Å². The van der Waals surface area contributed by atoms with E-state index >= 15 is 0 Å². The van der Waals surface area contributed by atoms with Crippen molar-refractivity contribution in [1.29, 1.82) is 5.26 Å². The third kappa shape index (κ3) is 2.95. The Morgan fingerprint density at radius 3 is 3.11 bits per heavy atom. The number of alkyl halides is 1.